The molecule has 11 heteroatoms. The summed E-state index contributed by atoms with van der Waals surface area (Å²) in [6.07, 6.45) is -1.42. The van der Waals surface area contributed by atoms with E-state index < -0.39 is 23.1 Å². The Morgan fingerprint density at radius 2 is 1.69 bits per heavy atom. The number of carbonyl (C=O) groups is 3. The lowest BCUT2D eigenvalue weighted by atomic mass is 9.87. The van der Waals surface area contributed by atoms with Crippen LogP contribution in [0.1, 0.15) is 25.8 Å². The second-order valence-corrected chi connectivity index (χ2v) is 9.13. The number of hydrogen-bond donors (Lipinski definition) is 5. The third kappa shape index (κ3) is 8.08. The largest absolute Gasteiger partial charge is 0.423 e. The highest BCUT2D eigenvalue weighted by atomic mass is 16.4. The average Bonchev–Trinajstić information content (AvgIpc) is 2.80. The van der Waals surface area contributed by atoms with Gasteiger partial charge in [-0.05, 0) is 17.7 Å². The van der Waals surface area contributed by atoms with Crippen molar-refractivity contribution in [1.82, 2.24) is 16.0 Å². The zero-order valence-electron chi connectivity index (χ0n) is 20.5. The van der Waals surface area contributed by atoms with Crippen molar-refractivity contribution >= 4 is 34.4 Å². The first-order chi connectivity index (χ1) is 16.4. The highest BCUT2D eigenvalue weighted by molar-refractivity contribution is 5.88. The van der Waals surface area contributed by atoms with Crippen LogP contribution in [0.4, 0.5) is 5.69 Å². The summed E-state index contributed by atoms with van der Waals surface area (Å²) < 4.78 is 5.27. The molecule has 2 rings (SSSR count). The topological polar surface area (TPSA) is 161 Å². The van der Waals surface area contributed by atoms with E-state index in [0.29, 0.717) is 16.5 Å². The Bertz CT molecular complexity index is 1110. The standard InChI is InChI=1S/C24H34N4O7/c1-24(2,14-29)22(33)23(34)27-8-7-19(30)25-9-10-26-20(31)11-15-12-21(32)35-18-13-16(28(3)4)5-6-17(15)18/h5-6,12-13,22,29,33H,7-11,14H2,1-4H3,(H,25,30)(H,26,31)(H,27,34)/t22-/m0/s1. The van der Waals surface area contributed by atoms with Crippen LogP contribution >= 0.6 is 0 Å². The van der Waals surface area contributed by atoms with Gasteiger partial charge in [0.25, 0.3) is 0 Å². The molecular formula is C24H34N4O7. The van der Waals surface area contributed by atoms with Crippen molar-refractivity contribution in [1.29, 1.82) is 0 Å². The first-order valence-electron chi connectivity index (χ1n) is 11.3. The van der Waals surface area contributed by atoms with Crippen molar-refractivity contribution in [3.8, 4) is 0 Å². The van der Waals surface area contributed by atoms with Crippen LogP contribution < -0.4 is 26.5 Å². The van der Waals surface area contributed by atoms with Crippen LogP contribution in [0.3, 0.4) is 0 Å². The Morgan fingerprint density at radius 3 is 2.31 bits per heavy atom. The van der Waals surface area contributed by atoms with Gasteiger partial charge in [-0.2, -0.15) is 0 Å². The number of anilines is 1. The zero-order valence-corrected chi connectivity index (χ0v) is 20.5. The molecule has 0 bridgehead atoms. The normalized spacial score (nSPS) is 12.2. The summed E-state index contributed by atoms with van der Waals surface area (Å²) in [6.45, 7) is 3.13. The Kier molecular flexibility index (Phi) is 9.78. The number of fused-ring (bicyclic) bond motifs is 1. The summed E-state index contributed by atoms with van der Waals surface area (Å²) in [5.74, 6) is -1.31. The van der Waals surface area contributed by atoms with Crippen molar-refractivity contribution in [3.63, 3.8) is 0 Å². The molecule has 2 aromatic rings. The van der Waals surface area contributed by atoms with Crippen LogP contribution in [-0.2, 0) is 20.8 Å². The molecule has 0 aliphatic carbocycles. The van der Waals surface area contributed by atoms with Crippen molar-refractivity contribution < 1.29 is 29.0 Å². The van der Waals surface area contributed by atoms with Crippen LogP contribution in [-0.4, -0.2) is 74.4 Å². The van der Waals surface area contributed by atoms with Crippen molar-refractivity contribution in [3.05, 3.63) is 40.2 Å². The van der Waals surface area contributed by atoms with Crippen molar-refractivity contribution in [2.45, 2.75) is 32.8 Å². The maximum absolute atomic E-state index is 12.4. The SMILES string of the molecule is CN(C)c1ccc2c(CC(=O)NCCNC(=O)CCNC(=O)[C@H](O)C(C)(C)CO)cc(=O)oc2c1. The molecule has 192 valence electrons. The molecular weight excluding hydrogens is 456 g/mol. The maximum Gasteiger partial charge on any atom is 0.336 e. The van der Waals surface area contributed by atoms with Gasteiger partial charge >= 0.3 is 5.63 Å². The summed E-state index contributed by atoms with van der Waals surface area (Å²) in [6, 6.07) is 6.71. The zero-order chi connectivity index (χ0) is 26.2. The average molecular weight is 491 g/mol. The number of hydrogen-bond acceptors (Lipinski definition) is 8. The summed E-state index contributed by atoms with van der Waals surface area (Å²) in [5.41, 5.74) is 0.282. The molecule has 1 aromatic carbocycles. The fourth-order valence-corrected chi connectivity index (χ4v) is 3.21. The third-order valence-corrected chi connectivity index (χ3v) is 5.50. The van der Waals surface area contributed by atoms with E-state index in [2.05, 4.69) is 16.0 Å². The first kappa shape index (κ1) is 27.8. The molecule has 0 saturated heterocycles. The summed E-state index contributed by atoms with van der Waals surface area (Å²) in [4.78, 5) is 50.0. The molecule has 1 atom stereocenters. The number of nitrogens with one attached hydrogen (secondary N) is 3. The number of aliphatic hydroxyl groups excluding tert-OH is 2. The number of nitrogens with zero attached hydrogens (tertiary/aromatic N) is 1. The van der Waals surface area contributed by atoms with Gasteiger partial charge in [0, 0.05) is 68.8 Å². The van der Waals surface area contributed by atoms with Crippen LogP contribution in [0.15, 0.2) is 33.5 Å². The molecule has 1 heterocycles. The minimum Gasteiger partial charge on any atom is -0.423 e. The van der Waals surface area contributed by atoms with Crippen LogP contribution in [0, 0.1) is 5.41 Å². The molecule has 11 nitrogen and oxygen atoms in total. The Hall–Kier alpha value is -3.44. The molecule has 0 fully saturated rings. The number of amides is 3. The van der Waals surface area contributed by atoms with Crippen LogP contribution in [0.25, 0.3) is 11.0 Å². The van der Waals surface area contributed by atoms with E-state index in [1.54, 1.807) is 26.0 Å². The van der Waals surface area contributed by atoms with Gasteiger partial charge in [0.2, 0.25) is 17.7 Å². The number of rotatable bonds is 12. The smallest absolute Gasteiger partial charge is 0.336 e. The summed E-state index contributed by atoms with van der Waals surface area (Å²) >= 11 is 0. The molecule has 3 amide bonds. The molecule has 0 unspecified atom stereocenters. The lowest BCUT2D eigenvalue weighted by Crippen LogP contribution is -2.46. The fraction of sp³-hybridized carbons (Fsp3) is 0.500. The molecule has 35 heavy (non-hydrogen) atoms. The molecule has 0 radical (unpaired) electrons. The second kappa shape index (κ2) is 12.3. The predicted molar refractivity (Wildman–Crippen MR) is 131 cm³/mol. The lowest BCUT2D eigenvalue weighted by Gasteiger charge is -2.27. The highest BCUT2D eigenvalue weighted by Gasteiger charge is 2.32. The lowest BCUT2D eigenvalue weighted by molar-refractivity contribution is -0.137. The van der Waals surface area contributed by atoms with Gasteiger partial charge in [-0.3, -0.25) is 14.4 Å². The molecule has 5 N–H and O–H groups in total. The van der Waals surface area contributed by atoms with E-state index in [1.807, 2.05) is 25.1 Å². The molecule has 0 aliphatic rings. The Balaban J connectivity index is 1.76. The summed E-state index contributed by atoms with van der Waals surface area (Å²) in [5, 5.41) is 27.6. The van der Waals surface area contributed by atoms with Crippen molar-refractivity contribution in [2.24, 2.45) is 5.41 Å². The van der Waals surface area contributed by atoms with E-state index in [0.717, 1.165) is 5.69 Å². The second-order valence-electron chi connectivity index (χ2n) is 9.13. The van der Waals surface area contributed by atoms with Gasteiger partial charge in [-0.1, -0.05) is 13.8 Å². The van der Waals surface area contributed by atoms with Crippen molar-refractivity contribution in [2.75, 3.05) is 45.2 Å². The molecule has 1 aromatic heterocycles. The Labute approximate surface area is 203 Å². The van der Waals surface area contributed by atoms with Gasteiger partial charge in [-0.15, -0.1) is 0 Å². The van der Waals surface area contributed by atoms with Gasteiger partial charge in [0.1, 0.15) is 11.7 Å². The quantitative estimate of drug-likeness (QED) is 0.197. The van der Waals surface area contributed by atoms with Crippen LogP contribution in [0.5, 0.6) is 0 Å². The Morgan fingerprint density at radius 1 is 1.03 bits per heavy atom. The fourth-order valence-electron chi connectivity index (χ4n) is 3.21. The van der Waals surface area contributed by atoms with E-state index >= 15 is 0 Å². The van der Waals surface area contributed by atoms with E-state index in [1.165, 1.54) is 6.07 Å². The molecule has 0 aliphatic heterocycles. The third-order valence-electron chi connectivity index (χ3n) is 5.50. The number of aliphatic hydroxyl groups is 2. The minimum atomic E-state index is -1.39. The number of benzene rings is 1. The predicted octanol–water partition coefficient (Wildman–Crippen LogP) is -0.480. The first-order valence-corrected chi connectivity index (χ1v) is 11.3. The van der Waals surface area contributed by atoms with Crippen LogP contribution in [0.2, 0.25) is 0 Å². The maximum atomic E-state index is 12.4. The van der Waals surface area contributed by atoms with E-state index in [4.69, 9.17) is 4.42 Å². The molecule has 0 saturated carbocycles. The van der Waals surface area contributed by atoms with E-state index in [9.17, 15) is 29.4 Å². The van der Waals surface area contributed by atoms with Gasteiger partial charge < -0.3 is 35.5 Å². The van der Waals surface area contributed by atoms with Gasteiger partial charge in [0.15, 0.2) is 0 Å². The minimum absolute atomic E-state index is 0.00726. The summed E-state index contributed by atoms with van der Waals surface area (Å²) in [7, 11) is 3.74. The monoisotopic (exact) mass is 490 g/mol. The van der Waals surface area contributed by atoms with E-state index in [-0.39, 0.29) is 50.9 Å². The molecule has 0 spiro atoms. The number of carbonyl (C=O) groups excluding carboxylic acids is 3. The van der Waals surface area contributed by atoms with Gasteiger partial charge in [-0.25, -0.2) is 4.79 Å². The van der Waals surface area contributed by atoms with Gasteiger partial charge in [0.05, 0.1) is 13.0 Å². The highest BCUT2D eigenvalue weighted by Crippen LogP contribution is 2.23.